The molecule has 0 saturated heterocycles. The van der Waals surface area contributed by atoms with Gasteiger partial charge in [-0.1, -0.05) is 47.0 Å². The normalized spacial score (nSPS) is 14.0. The molecule has 0 spiro atoms. The summed E-state index contributed by atoms with van der Waals surface area (Å²) in [6.07, 6.45) is -0.900. The second kappa shape index (κ2) is 6.56. The van der Waals surface area contributed by atoms with Crippen LogP contribution in [0, 0.1) is 19.7 Å². The van der Waals surface area contributed by atoms with E-state index in [4.69, 9.17) is 17.3 Å². The van der Waals surface area contributed by atoms with E-state index in [1.165, 1.54) is 12.1 Å². The van der Waals surface area contributed by atoms with Crippen LogP contribution in [0.2, 0.25) is 5.02 Å². The average Bonchev–Trinajstić information content (AvgIpc) is 2.41. The van der Waals surface area contributed by atoms with E-state index >= 15 is 0 Å². The van der Waals surface area contributed by atoms with Crippen LogP contribution in [-0.4, -0.2) is 11.7 Å². The van der Waals surface area contributed by atoms with E-state index in [0.717, 1.165) is 16.7 Å². The van der Waals surface area contributed by atoms with Gasteiger partial charge in [-0.3, -0.25) is 0 Å². The number of aryl methyl sites for hydroxylation is 2. The van der Waals surface area contributed by atoms with Gasteiger partial charge in [0.2, 0.25) is 0 Å². The summed E-state index contributed by atoms with van der Waals surface area (Å²) in [6.45, 7) is 4.02. The summed E-state index contributed by atoms with van der Waals surface area (Å²) in [5, 5.41) is 10.9. The molecule has 2 aromatic rings. The summed E-state index contributed by atoms with van der Waals surface area (Å²) in [4.78, 5) is 0. The van der Waals surface area contributed by atoms with Gasteiger partial charge in [-0.2, -0.15) is 0 Å². The monoisotopic (exact) mass is 307 g/mol. The van der Waals surface area contributed by atoms with Crippen molar-refractivity contribution in [2.24, 2.45) is 5.73 Å². The Labute approximate surface area is 129 Å². The lowest BCUT2D eigenvalue weighted by Crippen LogP contribution is -2.22. The summed E-state index contributed by atoms with van der Waals surface area (Å²) >= 11 is 6.09. The first-order valence-corrected chi connectivity index (χ1v) is 7.22. The molecule has 2 aromatic carbocycles. The van der Waals surface area contributed by atoms with Crippen LogP contribution in [0.1, 0.15) is 34.3 Å². The van der Waals surface area contributed by atoms with Gasteiger partial charge in [0.1, 0.15) is 5.82 Å². The van der Waals surface area contributed by atoms with E-state index in [1.54, 1.807) is 6.07 Å². The third kappa shape index (κ3) is 3.43. The second-order valence-electron chi connectivity index (χ2n) is 5.34. The van der Waals surface area contributed by atoms with Crippen molar-refractivity contribution in [3.8, 4) is 0 Å². The molecule has 0 heterocycles. The van der Waals surface area contributed by atoms with Crippen molar-refractivity contribution in [1.29, 1.82) is 0 Å². The number of nitrogens with two attached hydrogens (primary N) is 1. The molecule has 0 saturated carbocycles. The van der Waals surface area contributed by atoms with Gasteiger partial charge in [-0.15, -0.1) is 0 Å². The molecule has 0 aromatic heterocycles. The zero-order valence-corrected chi connectivity index (χ0v) is 12.9. The molecule has 0 bridgehead atoms. The molecule has 0 amide bonds. The van der Waals surface area contributed by atoms with Crippen molar-refractivity contribution < 1.29 is 9.50 Å². The summed E-state index contributed by atoms with van der Waals surface area (Å²) in [5.41, 5.74) is 8.85. The zero-order valence-electron chi connectivity index (χ0n) is 12.1. The lowest BCUT2D eigenvalue weighted by atomic mass is 9.87. The molecule has 0 aliphatic rings. The molecule has 21 heavy (non-hydrogen) atoms. The van der Waals surface area contributed by atoms with E-state index in [2.05, 4.69) is 0 Å². The van der Waals surface area contributed by atoms with Gasteiger partial charge in [-0.25, -0.2) is 4.39 Å². The fourth-order valence-electron chi connectivity index (χ4n) is 2.68. The minimum absolute atomic E-state index is 0.106. The van der Waals surface area contributed by atoms with Crippen LogP contribution in [0.4, 0.5) is 4.39 Å². The Morgan fingerprint density at radius 1 is 1.19 bits per heavy atom. The van der Waals surface area contributed by atoms with Crippen LogP contribution in [0.25, 0.3) is 0 Å². The molecule has 3 N–H and O–H groups in total. The number of aliphatic hydroxyl groups is 1. The Morgan fingerprint density at radius 2 is 1.81 bits per heavy atom. The van der Waals surface area contributed by atoms with Crippen LogP contribution in [-0.2, 0) is 0 Å². The zero-order chi connectivity index (χ0) is 15.6. The van der Waals surface area contributed by atoms with Crippen LogP contribution in [0.3, 0.4) is 0 Å². The highest BCUT2D eigenvalue weighted by Crippen LogP contribution is 2.36. The summed E-state index contributed by atoms with van der Waals surface area (Å²) in [5.74, 6) is -1.03. The molecule has 0 fully saturated rings. The van der Waals surface area contributed by atoms with E-state index in [9.17, 15) is 9.50 Å². The van der Waals surface area contributed by atoms with E-state index in [0.29, 0.717) is 0 Å². The van der Waals surface area contributed by atoms with Crippen LogP contribution in [0.5, 0.6) is 0 Å². The number of benzene rings is 2. The molecular weight excluding hydrogens is 289 g/mol. The summed E-state index contributed by atoms with van der Waals surface area (Å²) < 4.78 is 14.1. The van der Waals surface area contributed by atoms with Crippen molar-refractivity contribution in [2.45, 2.75) is 25.9 Å². The highest BCUT2D eigenvalue weighted by molar-refractivity contribution is 6.31. The van der Waals surface area contributed by atoms with E-state index < -0.39 is 17.8 Å². The summed E-state index contributed by atoms with van der Waals surface area (Å²) in [6, 6.07) is 10.3. The van der Waals surface area contributed by atoms with Crippen molar-refractivity contribution in [1.82, 2.24) is 0 Å². The topological polar surface area (TPSA) is 46.2 Å². The number of aliphatic hydroxyl groups excluding tert-OH is 1. The SMILES string of the molecule is Cc1cc(C)cc(C(O)C(CN)c2c(F)cccc2Cl)c1. The number of hydrogen-bond acceptors (Lipinski definition) is 2. The lowest BCUT2D eigenvalue weighted by Gasteiger charge is -2.24. The van der Waals surface area contributed by atoms with Gasteiger partial charge in [0.05, 0.1) is 6.10 Å². The minimum atomic E-state index is -0.900. The quantitative estimate of drug-likeness (QED) is 0.900. The lowest BCUT2D eigenvalue weighted by molar-refractivity contribution is 0.145. The first-order valence-electron chi connectivity index (χ1n) is 6.84. The number of halogens is 2. The standard InChI is InChI=1S/C17H19ClFNO/c1-10-6-11(2)8-12(7-10)17(21)13(9-20)16-14(18)4-3-5-15(16)19/h3-8,13,17,21H,9,20H2,1-2H3. The van der Waals surface area contributed by atoms with Crippen molar-refractivity contribution in [2.75, 3.05) is 6.54 Å². The fourth-order valence-corrected chi connectivity index (χ4v) is 2.99. The average molecular weight is 308 g/mol. The van der Waals surface area contributed by atoms with Crippen LogP contribution < -0.4 is 5.73 Å². The Bertz CT molecular complexity index is 604. The molecule has 0 radical (unpaired) electrons. The molecule has 4 heteroatoms. The highest BCUT2D eigenvalue weighted by Gasteiger charge is 2.26. The van der Waals surface area contributed by atoms with Gasteiger partial charge < -0.3 is 10.8 Å². The maximum Gasteiger partial charge on any atom is 0.128 e. The second-order valence-corrected chi connectivity index (χ2v) is 5.75. The molecule has 0 aliphatic carbocycles. The third-order valence-corrected chi connectivity index (χ3v) is 3.92. The van der Waals surface area contributed by atoms with Gasteiger partial charge >= 0.3 is 0 Å². The van der Waals surface area contributed by atoms with Crippen molar-refractivity contribution >= 4 is 11.6 Å². The number of hydrogen-bond donors (Lipinski definition) is 2. The smallest absolute Gasteiger partial charge is 0.128 e. The van der Waals surface area contributed by atoms with E-state index in [1.807, 2.05) is 32.0 Å². The highest BCUT2D eigenvalue weighted by atomic mass is 35.5. The van der Waals surface area contributed by atoms with Gasteiger partial charge in [-0.05, 0) is 31.5 Å². The van der Waals surface area contributed by atoms with Gasteiger partial charge in [0.25, 0.3) is 0 Å². The van der Waals surface area contributed by atoms with E-state index in [-0.39, 0.29) is 17.1 Å². The van der Waals surface area contributed by atoms with Crippen LogP contribution >= 0.6 is 11.6 Å². The maximum atomic E-state index is 14.1. The Hall–Kier alpha value is -1.42. The van der Waals surface area contributed by atoms with Crippen LogP contribution in [0.15, 0.2) is 36.4 Å². The molecule has 2 unspecified atom stereocenters. The largest absolute Gasteiger partial charge is 0.388 e. The van der Waals surface area contributed by atoms with Crippen molar-refractivity contribution in [3.63, 3.8) is 0 Å². The molecule has 2 atom stereocenters. The number of rotatable bonds is 4. The molecule has 0 aliphatic heterocycles. The Kier molecular flexibility index (Phi) is 4.99. The fraction of sp³-hybridized carbons (Fsp3) is 0.294. The maximum absolute atomic E-state index is 14.1. The molecular formula is C17H19ClFNO. The Balaban J connectivity index is 2.45. The predicted molar refractivity (Wildman–Crippen MR) is 84.1 cm³/mol. The van der Waals surface area contributed by atoms with Gasteiger partial charge in [0.15, 0.2) is 0 Å². The first-order chi connectivity index (χ1) is 9.93. The molecule has 112 valence electrons. The summed E-state index contributed by atoms with van der Waals surface area (Å²) in [7, 11) is 0. The predicted octanol–water partition coefficient (Wildman–Crippen LogP) is 3.87. The third-order valence-electron chi connectivity index (χ3n) is 3.59. The van der Waals surface area contributed by atoms with Gasteiger partial charge in [0, 0.05) is 23.0 Å². The molecule has 2 nitrogen and oxygen atoms in total. The Morgan fingerprint density at radius 3 is 2.33 bits per heavy atom. The molecule has 2 rings (SSSR count). The minimum Gasteiger partial charge on any atom is -0.388 e. The first kappa shape index (κ1) is 16.0. The van der Waals surface area contributed by atoms with Crippen molar-refractivity contribution in [3.05, 3.63) is 69.5 Å².